The fourth-order valence-electron chi connectivity index (χ4n) is 4.46. The first-order valence-corrected chi connectivity index (χ1v) is 13.6. The van der Waals surface area contributed by atoms with Crippen LogP contribution in [0.2, 0.25) is 20.1 Å². The molecule has 1 heterocycles. The van der Waals surface area contributed by atoms with Crippen molar-refractivity contribution < 1.29 is 19.2 Å². The number of nitrogens with zero attached hydrogens (tertiary/aromatic N) is 4. The number of amides is 4. The van der Waals surface area contributed by atoms with E-state index < -0.39 is 11.8 Å². The van der Waals surface area contributed by atoms with E-state index in [0.29, 0.717) is 63.8 Å². The molecule has 2 aromatic carbocycles. The van der Waals surface area contributed by atoms with Gasteiger partial charge < -0.3 is 25.3 Å². The number of carbonyl (C=O) groups excluding carboxylic acids is 3. The minimum Gasteiger partial charge on any atom is -0.399 e. The van der Waals surface area contributed by atoms with E-state index in [1.807, 2.05) is 6.07 Å². The number of rotatable bonds is 11. The zero-order valence-corrected chi connectivity index (χ0v) is 24.5. The van der Waals surface area contributed by atoms with E-state index >= 15 is 0 Å². The minimum absolute atomic E-state index is 0.101. The second kappa shape index (κ2) is 14.1. The van der Waals surface area contributed by atoms with E-state index in [-0.39, 0.29) is 25.0 Å². The number of hydrogen-bond acceptors (Lipinski definition) is 5. The summed E-state index contributed by atoms with van der Waals surface area (Å²) in [6, 6.07) is 9.59. The van der Waals surface area contributed by atoms with Gasteiger partial charge in [-0.15, -0.1) is 0 Å². The fraction of sp³-hybridized carbons (Fsp3) is 0.385. The maximum atomic E-state index is 13.2. The first kappa shape index (κ1) is 30.8. The molecule has 13 heteroatoms. The lowest BCUT2D eigenvalue weighted by atomic mass is 9.90. The number of hydrogen-bond donors (Lipinski definition) is 1. The van der Waals surface area contributed by atoms with Crippen molar-refractivity contribution in [1.82, 2.24) is 14.7 Å². The van der Waals surface area contributed by atoms with Gasteiger partial charge in [0.2, 0.25) is 5.91 Å². The Kier molecular flexibility index (Phi) is 11.1. The molecule has 1 aliphatic heterocycles. The fourth-order valence-corrected chi connectivity index (χ4v) is 5.29. The molecule has 0 aromatic heterocycles. The van der Waals surface area contributed by atoms with Gasteiger partial charge in [0.15, 0.2) is 0 Å². The average Bonchev–Trinajstić information content (AvgIpc) is 2.87. The molecule has 0 aliphatic carbocycles. The maximum absolute atomic E-state index is 13.2. The summed E-state index contributed by atoms with van der Waals surface area (Å²) in [5.41, 5.74) is 6.94. The highest BCUT2D eigenvalue weighted by Crippen LogP contribution is 2.30. The molecule has 1 saturated heterocycles. The summed E-state index contributed by atoms with van der Waals surface area (Å²) < 4.78 is 0. The summed E-state index contributed by atoms with van der Waals surface area (Å²) in [5, 5.41) is 5.70. The number of urea groups is 1. The molecule has 210 valence electrons. The third kappa shape index (κ3) is 8.38. The van der Waals surface area contributed by atoms with Crippen molar-refractivity contribution in [1.29, 1.82) is 0 Å². The van der Waals surface area contributed by atoms with Gasteiger partial charge in [-0.2, -0.15) is 0 Å². The van der Waals surface area contributed by atoms with Crippen molar-refractivity contribution in [3.63, 3.8) is 0 Å². The third-order valence-corrected chi connectivity index (χ3v) is 7.42. The van der Waals surface area contributed by atoms with Crippen molar-refractivity contribution in [2.45, 2.75) is 18.8 Å². The van der Waals surface area contributed by atoms with Gasteiger partial charge in [0.05, 0.1) is 22.3 Å². The molecular weight excluding hydrogens is 588 g/mol. The lowest BCUT2D eigenvalue weighted by Crippen LogP contribution is -2.52. The Morgan fingerprint density at radius 1 is 1.05 bits per heavy atom. The number of primary amides is 1. The Labute approximate surface area is 247 Å². The van der Waals surface area contributed by atoms with Crippen LogP contribution in [-0.2, 0) is 9.63 Å². The van der Waals surface area contributed by atoms with Crippen LogP contribution in [0, 0.1) is 0 Å². The first-order valence-electron chi connectivity index (χ1n) is 12.1. The van der Waals surface area contributed by atoms with Crippen molar-refractivity contribution in [3.05, 3.63) is 67.6 Å². The van der Waals surface area contributed by atoms with Crippen LogP contribution in [0.5, 0.6) is 0 Å². The van der Waals surface area contributed by atoms with Gasteiger partial charge in [0.25, 0.3) is 5.91 Å². The number of nitrogens with two attached hydrogens (primary N) is 1. The Morgan fingerprint density at radius 2 is 1.72 bits per heavy atom. The third-order valence-electron chi connectivity index (χ3n) is 6.24. The van der Waals surface area contributed by atoms with Gasteiger partial charge in [-0.05, 0) is 48.7 Å². The van der Waals surface area contributed by atoms with Crippen LogP contribution >= 0.6 is 46.4 Å². The summed E-state index contributed by atoms with van der Waals surface area (Å²) in [5.74, 6) is -1.27. The normalized spacial score (nSPS) is 14.8. The number of carbonyl (C=O) groups is 3. The van der Waals surface area contributed by atoms with Crippen LogP contribution in [0.4, 0.5) is 4.79 Å². The molecule has 0 radical (unpaired) electrons. The predicted molar refractivity (Wildman–Crippen MR) is 154 cm³/mol. The molecule has 9 nitrogen and oxygen atoms in total. The standard InChI is InChI=1S/C26H29Cl4N5O4/c1-33(25(37)17-10-18(27)13-19(28)11-17)14-23(32-39-2)20(16-4-5-21(29)22(30)12-16)6-9-34-7-3-8-35(26(34)38)15-24(31)36/h4-5,10-13,20H,3,6-9,14-15H2,1-2H3,(H2,31,36)/b32-23+. The van der Waals surface area contributed by atoms with Crippen LogP contribution in [-0.4, -0.2) is 85.1 Å². The van der Waals surface area contributed by atoms with E-state index in [1.54, 1.807) is 30.1 Å². The van der Waals surface area contributed by atoms with Crippen LogP contribution in [0.15, 0.2) is 41.6 Å². The number of oxime groups is 1. The highest BCUT2D eigenvalue weighted by molar-refractivity contribution is 6.42. The molecule has 0 bridgehead atoms. The van der Waals surface area contributed by atoms with Crippen LogP contribution < -0.4 is 5.73 Å². The highest BCUT2D eigenvalue weighted by Gasteiger charge is 2.29. The Morgan fingerprint density at radius 3 is 2.33 bits per heavy atom. The largest absolute Gasteiger partial charge is 0.399 e. The molecule has 2 N–H and O–H groups in total. The Bertz CT molecular complexity index is 1240. The molecule has 2 aromatic rings. The molecule has 0 spiro atoms. The van der Waals surface area contributed by atoms with Gasteiger partial charge in [-0.25, -0.2) is 4.79 Å². The summed E-state index contributed by atoms with van der Waals surface area (Å²) in [4.78, 5) is 47.3. The molecule has 39 heavy (non-hydrogen) atoms. The highest BCUT2D eigenvalue weighted by atomic mass is 35.5. The van der Waals surface area contributed by atoms with E-state index in [2.05, 4.69) is 5.16 Å². The minimum atomic E-state index is -0.568. The molecule has 1 fully saturated rings. The van der Waals surface area contributed by atoms with Crippen molar-refractivity contribution in [2.24, 2.45) is 10.9 Å². The number of benzene rings is 2. The smallest absolute Gasteiger partial charge is 0.320 e. The Balaban J connectivity index is 1.87. The van der Waals surface area contributed by atoms with Crippen LogP contribution in [0.3, 0.4) is 0 Å². The molecule has 1 aliphatic rings. The van der Waals surface area contributed by atoms with Crippen molar-refractivity contribution >= 4 is 70.0 Å². The van der Waals surface area contributed by atoms with Gasteiger partial charge >= 0.3 is 6.03 Å². The van der Waals surface area contributed by atoms with Gasteiger partial charge in [-0.1, -0.05) is 57.6 Å². The summed E-state index contributed by atoms with van der Waals surface area (Å²) >= 11 is 24.7. The second-order valence-corrected chi connectivity index (χ2v) is 10.8. The molecule has 1 unspecified atom stereocenters. The van der Waals surface area contributed by atoms with E-state index in [4.69, 9.17) is 57.0 Å². The van der Waals surface area contributed by atoms with E-state index in [0.717, 1.165) is 5.56 Å². The van der Waals surface area contributed by atoms with Gasteiger partial charge in [-0.3, -0.25) is 9.59 Å². The zero-order valence-electron chi connectivity index (χ0n) is 21.5. The number of halogens is 4. The molecular formula is C26H29Cl4N5O4. The summed E-state index contributed by atoms with van der Waals surface area (Å²) in [6.07, 6.45) is 1.14. The average molecular weight is 617 g/mol. The van der Waals surface area contributed by atoms with Crippen molar-refractivity contribution in [3.8, 4) is 0 Å². The maximum Gasteiger partial charge on any atom is 0.320 e. The van der Waals surface area contributed by atoms with Crippen molar-refractivity contribution in [2.75, 3.05) is 46.9 Å². The summed E-state index contributed by atoms with van der Waals surface area (Å²) in [7, 11) is 3.05. The monoisotopic (exact) mass is 615 g/mol. The van der Waals surface area contributed by atoms with Crippen LogP contribution in [0.1, 0.15) is 34.7 Å². The SMILES string of the molecule is CO/N=C(\CN(C)C(=O)c1cc(Cl)cc(Cl)c1)C(CCN1CCCN(CC(N)=O)C1=O)c1ccc(Cl)c(Cl)c1. The zero-order chi connectivity index (χ0) is 28.7. The molecule has 4 amide bonds. The topological polar surface area (TPSA) is 109 Å². The van der Waals surface area contributed by atoms with Gasteiger partial charge in [0.1, 0.15) is 13.7 Å². The molecule has 3 rings (SSSR count). The van der Waals surface area contributed by atoms with Gasteiger partial charge in [0, 0.05) is 48.2 Å². The quantitative estimate of drug-likeness (QED) is 0.278. The predicted octanol–water partition coefficient (Wildman–Crippen LogP) is 5.16. The second-order valence-electron chi connectivity index (χ2n) is 9.11. The summed E-state index contributed by atoms with van der Waals surface area (Å²) in [6.45, 7) is 1.31. The molecule has 0 saturated carbocycles. The van der Waals surface area contributed by atoms with Crippen LogP contribution in [0.25, 0.3) is 0 Å². The first-order chi connectivity index (χ1) is 18.5. The van der Waals surface area contributed by atoms with E-state index in [1.165, 1.54) is 29.0 Å². The lowest BCUT2D eigenvalue weighted by molar-refractivity contribution is -0.118. The lowest BCUT2D eigenvalue weighted by Gasteiger charge is -2.36. The molecule has 1 atom stereocenters. The van der Waals surface area contributed by atoms with E-state index in [9.17, 15) is 14.4 Å². The Hall–Kier alpha value is -2.72.